The molecule has 7 heteroatoms. The Labute approximate surface area is 111 Å². The third-order valence-corrected chi connectivity index (χ3v) is 2.25. The minimum atomic E-state index is -2.34. The summed E-state index contributed by atoms with van der Waals surface area (Å²) in [4.78, 5) is 23.2. The fourth-order valence-corrected chi connectivity index (χ4v) is 1.43. The molecule has 1 radical (unpaired) electrons. The molecule has 1 amide bonds. The van der Waals surface area contributed by atoms with Crippen molar-refractivity contribution < 1.29 is 23.8 Å². The summed E-state index contributed by atoms with van der Waals surface area (Å²) < 4.78 is 18.7. The zero-order chi connectivity index (χ0) is 12.6. The van der Waals surface area contributed by atoms with Gasteiger partial charge in [-0.3, -0.25) is 0 Å². The predicted molar refractivity (Wildman–Crippen MR) is 59.7 cm³/mol. The van der Waals surface area contributed by atoms with E-state index in [-0.39, 0.29) is 31.8 Å². The molecule has 0 aromatic carbocycles. The van der Waals surface area contributed by atoms with Gasteiger partial charge in [0.2, 0.25) is 5.67 Å². The predicted octanol–water partition coefficient (Wildman–Crippen LogP) is 1.04. The van der Waals surface area contributed by atoms with Crippen LogP contribution in [0.25, 0.3) is 0 Å². The van der Waals surface area contributed by atoms with E-state index in [0.29, 0.717) is 0 Å². The number of aliphatic carboxylic acids is 1. The number of amides is 1. The summed E-state index contributed by atoms with van der Waals surface area (Å²) >= 11 is 0. The first-order valence-corrected chi connectivity index (χ1v) is 5.04. The van der Waals surface area contributed by atoms with E-state index in [9.17, 15) is 14.0 Å². The van der Waals surface area contributed by atoms with E-state index in [2.05, 4.69) is 0 Å². The van der Waals surface area contributed by atoms with Crippen LogP contribution in [-0.4, -0.2) is 65.3 Å². The van der Waals surface area contributed by atoms with Crippen LogP contribution in [0.5, 0.6) is 0 Å². The fraction of sp³-hybridized carbons (Fsp3) is 0.800. The van der Waals surface area contributed by atoms with Gasteiger partial charge in [-0.25, -0.2) is 14.0 Å². The molecule has 1 aliphatic rings. The van der Waals surface area contributed by atoms with Crippen molar-refractivity contribution in [1.82, 2.24) is 4.90 Å². The normalized spacial score (nSPS) is 24.1. The van der Waals surface area contributed by atoms with Gasteiger partial charge in [-0.05, 0) is 20.8 Å². The quantitative estimate of drug-likeness (QED) is 0.695. The molecular weight excluding hydrogens is 224 g/mol. The maximum atomic E-state index is 13.6. The van der Waals surface area contributed by atoms with E-state index in [1.54, 1.807) is 20.8 Å². The van der Waals surface area contributed by atoms with Crippen LogP contribution < -0.4 is 0 Å². The number of carboxylic acids is 1. The van der Waals surface area contributed by atoms with Gasteiger partial charge in [0.1, 0.15) is 5.60 Å². The van der Waals surface area contributed by atoms with E-state index in [4.69, 9.17) is 9.84 Å². The monoisotopic (exact) mass is 240 g/mol. The number of carbonyl (C=O) groups excluding carboxylic acids is 1. The van der Waals surface area contributed by atoms with E-state index in [1.165, 1.54) is 0 Å². The van der Waals surface area contributed by atoms with Crippen LogP contribution >= 0.6 is 0 Å². The van der Waals surface area contributed by atoms with Crippen molar-refractivity contribution in [3.05, 3.63) is 0 Å². The summed E-state index contributed by atoms with van der Waals surface area (Å²) in [6, 6.07) is 0. The molecule has 1 fully saturated rings. The van der Waals surface area contributed by atoms with Gasteiger partial charge in [0.05, 0.1) is 6.54 Å². The molecule has 0 aliphatic carbocycles. The van der Waals surface area contributed by atoms with Crippen LogP contribution in [0, 0.1) is 0 Å². The minimum absolute atomic E-state index is 0. The van der Waals surface area contributed by atoms with Gasteiger partial charge >= 0.3 is 12.1 Å². The Balaban J connectivity index is 0.00000256. The van der Waals surface area contributed by atoms with Gasteiger partial charge in [0.15, 0.2) is 0 Å². The second-order valence-corrected chi connectivity index (χ2v) is 4.92. The molecule has 0 spiro atoms. The molecule has 17 heavy (non-hydrogen) atoms. The summed E-state index contributed by atoms with van der Waals surface area (Å²) in [5.74, 6) is -1.53. The number of ether oxygens (including phenoxy) is 1. The number of halogens is 1. The molecule has 93 valence electrons. The van der Waals surface area contributed by atoms with Gasteiger partial charge in [-0.15, -0.1) is 0 Å². The largest absolute Gasteiger partial charge is 0.479 e. The summed E-state index contributed by atoms with van der Waals surface area (Å²) in [6.45, 7) is 4.71. The third kappa shape index (κ3) is 4.21. The zero-order valence-corrected chi connectivity index (χ0v) is 10.6. The summed E-state index contributed by atoms with van der Waals surface area (Å²) in [5, 5.41) is 8.65. The van der Waals surface area contributed by atoms with Crippen LogP contribution in [0.3, 0.4) is 0 Å². The molecule has 1 saturated heterocycles. The van der Waals surface area contributed by atoms with Gasteiger partial charge in [-0.2, -0.15) is 0 Å². The molecule has 0 unspecified atom stereocenters. The number of hydrogen-bond acceptors (Lipinski definition) is 3. The number of likely N-dealkylation sites (tertiary alicyclic amines) is 1. The first-order chi connectivity index (χ1) is 7.14. The van der Waals surface area contributed by atoms with Crippen LogP contribution in [0.2, 0.25) is 0 Å². The van der Waals surface area contributed by atoms with E-state index >= 15 is 0 Å². The van der Waals surface area contributed by atoms with Crippen molar-refractivity contribution in [2.24, 2.45) is 0 Å². The third-order valence-electron chi connectivity index (χ3n) is 2.25. The Morgan fingerprint density at radius 1 is 1.41 bits per heavy atom. The van der Waals surface area contributed by atoms with Crippen LogP contribution in [0.15, 0.2) is 0 Å². The van der Waals surface area contributed by atoms with Crippen molar-refractivity contribution in [1.29, 1.82) is 0 Å². The molecule has 1 N–H and O–H groups in total. The molecule has 1 atom stereocenters. The second-order valence-electron chi connectivity index (χ2n) is 4.92. The standard InChI is InChI=1S/C10H16FNO4.Li/c1-9(2,3)16-8(15)12-5-4-10(11,6-12)7(13)14;/h4-6H2,1-3H3,(H,13,14);/t10-;/m0./s1. The van der Waals surface area contributed by atoms with E-state index in [1.807, 2.05) is 0 Å². The van der Waals surface area contributed by atoms with E-state index in [0.717, 1.165) is 4.90 Å². The Hall–Kier alpha value is -0.733. The molecule has 1 heterocycles. The van der Waals surface area contributed by atoms with Crippen LogP contribution in [0.1, 0.15) is 27.2 Å². The maximum absolute atomic E-state index is 13.6. The molecule has 1 aliphatic heterocycles. The fourth-order valence-electron chi connectivity index (χ4n) is 1.43. The van der Waals surface area contributed by atoms with Crippen molar-refractivity contribution >= 4 is 30.9 Å². The molecule has 0 bridgehead atoms. The SMILES string of the molecule is CC(C)(C)OC(=O)N1CC[C@@](F)(C(=O)O)C1.[Li]. The average Bonchev–Trinajstić information content (AvgIpc) is 2.46. The van der Waals surface area contributed by atoms with Gasteiger partial charge in [-0.1, -0.05) is 0 Å². The Morgan fingerprint density at radius 3 is 2.29 bits per heavy atom. The topological polar surface area (TPSA) is 66.8 Å². The van der Waals surface area contributed by atoms with Gasteiger partial charge in [0.25, 0.3) is 0 Å². The molecule has 0 aromatic heterocycles. The number of nitrogens with zero attached hydrogens (tertiary/aromatic N) is 1. The Kier molecular flexibility index (Phi) is 5.05. The number of carboxylic acid groups (broad SMARTS) is 1. The summed E-state index contributed by atoms with van der Waals surface area (Å²) in [7, 11) is 0. The number of rotatable bonds is 1. The van der Waals surface area contributed by atoms with E-state index < -0.39 is 29.9 Å². The molecule has 0 aromatic rings. The first-order valence-electron chi connectivity index (χ1n) is 5.04. The smallest absolute Gasteiger partial charge is 0.410 e. The average molecular weight is 240 g/mol. The van der Waals surface area contributed by atoms with Crippen LogP contribution in [0.4, 0.5) is 9.18 Å². The molecular formula is C10H16FLiNO4. The van der Waals surface area contributed by atoms with Crippen molar-refractivity contribution in [2.75, 3.05) is 13.1 Å². The van der Waals surface area contributed by atoms with Gasteiger partial charge in [0, 0.05) is 31.8 Å². The minimum Gasteiger partial charge on any atom is -0.479 e. The summed E-state index contributed by atoms with van der Waals surface area (Å²) in [5.41, 5.74) is -3.00. The number of carbonyl (C=O) groups is 2. The maximum Gasteiger partial charge on any atom is 0.410 e. The number of alkyl halides is 1. The molecule has 5 nitrogen and oxygen atoms in total. The Morgan fingerprint density at radius 2 is 1.94 bits per heavy atom. The molecule has 0 saturated carbocycles. The summed E-state index contributed by atoms with van der Waals surface area (Å²) in [6.07, 6.45) is -0.866. The number of hydrogen-bond donors (Lipinski definition) is 1. The van der Waals surface area contributed by atoms with Crippen molar-refractivity contribution in [3.8, 4) is 0 Å². The van der Waals surface area contributed by atoms with Crippen molar-refractivity contribution in [2.45, 2.75) is 38.5 Å². The molecule has 1 rings (SSSR count). The first kappa shape index (κ1) is 16.3. The zero-order valence-electron chi connectivity index (χ0n) is 10.6. The van der Waals surface area contributed by atoms with Crippen molar-refractivity contribution in [3.63, 3.8) is 0 Å². The van der Waals surface area contributed by atoms with Gasteiger partial charge < -0.3 is 14.7 Å². The second kappa shape index (κ2) is 5.28. The Bertz CT molecular complexity index is 318. The van der Waals surface area contributed by atoms with Crippen LogP contribution in [-0.2, 0) is 9.53 Å².